The summed E-state index contributed by atoms with van der Waals surface area (Å²) in [7, 11) is 0. The molecule has 3 nitrogen and oxygen atoms in total. The number of nitrogens with one attached hydrogen (secondary N) is 1. The van der Waals surface area contributed by atoms with Crippen LogP contribution < -0.4 is 10.6 Å². The van der Waals surface area contributed by atoms with Crippen molar-refractivity contribution in [2.75, 3.05) is 11.4 Å². The van der Waals surface area contributed by atoms with Crippen molar-refractivity contribution in [1.82, 2.24) is 0 Å². The van der Waals surface area contributed by atoms with E-state index in [0.717, 1.165) is 35.5 Å². The van der Waals surface area contributed by atoms with Crippen LogP contribution in [0.1, 0.15) is 16.7 Å². The van der Waals surface area contributed by atoms with E-state index in [-0.39, 0.29) is 11.7 Å². The van der Waals surface area contributed by atoms with Crippen LogP contribution in [0.4, 0.5) is 15.8 Å². The van der Waals surface area contributed by atoms with Gasteiger partial charge in [0, 0.05) is 17.8 Å². The fraction of sp³-hybridized carbons (Fsp3) is 0.188. The van der Waals surface area contributed by atoms with Crippen LogP contribution in [0, 0.1) is 18.2 Å². The Morgan fingerprint density at radius 1 is 1.20 bits per heavy atom. The molecule has 0 saturated heterocycles. The zero-order valence-electron chi connectivity index (χ0n) is 11.3. The third kappa shape index (κ3) is 2.03. The average Bonchev–Trinajstić information content (AvgIpc) is 2.81. The fourth-order valence-electron chi connectivity index (χ4n) is 2.70. The number of benzene rings is 2. The molecule has 0 amide bonds. The second kappa shape index (κ2) is 4.63. The zero-order valence-corrected chi connectivity index (χ0v) is 11.3. The van der Waals surface area contributed by atoms with E-state index in [1.165, 1.54) is 6.07 Å². The molecule has 0 spiro atoms. The van der Waals surface area contributed by atoms with Crippen molar-refractivity contribution < 1.29 is 4.39 Å². The van der Waals surface area contributed by atoms with Gasteiger partial charge in [0.15, 0.2) is 0 Å². The molecule has 0 saturated carbocycles. The van der Waals surface area contributed by atoms with E-state index in [9.17, 15) is 4.39 Å². The van der Waals surface area contributed by atoms with Gasteiger partial charge in [-0.05, 0) is 48.7 Å². The smallest absolute Gasteiger partial charge is 0.125 e. The molecular formula is C16H16FN3. The molecule has 2 aromatic rings. The van der Waals surface area contributed by atoms with Gasteiger partial charge in [0.2, 0.25) is 0 Å². The summed E-state index contributed by atoms with van der Waals surface area (Å²) in [5.74, 6) is -0.211. The normalized spacial score (nSPS) is 13.4. The highest BCUT2D eigenvalue weighted by Crippen LogP contribution is 2.37. The van der Waals surface area contributed by atoms with Gasteiger partial charge in [0.25, 0.3) is 0 Å². The van der Waals surface area contributed by atoms with Crippen LogP contribution in [0.2, 0.25) is 0 Å². The summed E-state index contributed by atoms with van der Waals surface area (Å²) >= 11 is 0. The molecule has 1 heterocycles. The van der Waals surface area contributed by atoms with Crippen LogP contribution in [0.5, 0.6) is 0 Å². The zero-order chi connectivity index (χ0) is 14.3. The van der Waals surface area contributed by atoms with Crippen molar-refractivity contribution in [3.8, 4) is 0 Å². The lowest BCUT2D eigenvalue weighted by molar-refractivity contribution is 0.628. The maximum Gasteiger partial charge on any atom is 0.125 e. The summed E-state index contributed by atoms with van der Waals surface area (Å²) in [6.45, 7) is 2.78. The van der Waals surface area contributed by atoms with Crippen molar-refractivity contribution in [2.24, 2.45) is 5.73 Å². The molecule has 0 aliphatic carbocycles. The molecule has 20 heavy (non-hydrogen) atoms. The number of aryl methyl sites for hydroxylation is 1. The van der Waals surface area contributed by atoms with E-state index in [4.69, 9.17) is 11.1 Å². The van der Waals surface area contributed by atoms with E-state index in [2.05, 4.69) is 0 Å². The van der Waals surface area contributed by atoms with Gasteiger partial charge in [0.05, 0.1) is 5.69 Å². The Morgan fingerprint density at radius 3 is 2.75 bits per heavy atom. The summed E-state index contributed by atoms with van der Waals surface area (Å²) in [6, 6.07) is 10.6. The van der Waals surface area contributed by atoms with Crippen LogP contribution in [0.25, 0.3) is 0 Å². The second-order valence-corrected chi connectivity index (χ2v) is 5.11. The van der Waals surface area contributed by atoms with Crippen LogP contribution >= 0.6 is 0 Å². The first-order chi connectivity index (χ1) is 9.56. The SMILES string of the molecule is Cc1ccc(C(=N)N)c(N2CCc3ccc(F)cc32)c1. The van der Waals surface area contributed by atoms with E-state index in [1.54, 1.807) is 6.07 Å². The van der Waals surface area contributed by atoms with Crippen LogP contribution in [-0.4, -0.2) is 12.4 Å². The lowest BCUT2D eigenvalue weighted by Gasteiger charge is -2.23. The first kappa shape index (κ1) is 12.7. The lowest BCUT2D eigenvalue weighted by Crippen LogP contribution is -2.20. The summed E-state index contributed by atoms with van der Waals surface area (Å²) in [5.41, 5.74) is 10.3. The molecular weight excluding hydrogens is 253 g/mol. The maximum atomic E-state index is 13.5. The molecule has 3 rings (SSSR count). The Morgan fingerprint density at radius 2 is 2.00 bits per heavy atom. The van der Waals surface area contributed by atoms with Gasteiger partial charge < -0.3 is 10.6 Å². The third-order valence-electron chi connectivity index (χ3n) is 3.68. The Kier molecular flexibility index (Phi) is 2.93. The van der Waals surface area contributed by atoms with Crippen molar-refractivity contribution >= 4 is 17.2 Å². The van der Waals surface area contributed by atoms with Crippen LogP contribution in [0.15, 0.2) is 36.4 Å². The van der Waals surface area contributed by atoms with Gasteiger partial charge in [-0.2, -0.15) is 0 Å². The maximum absolute atomic E-state index is 13.5. The monoisotopic (exact) mass is 269 g/mol. The van der Waals surface area contributed by atoms with Gasteiger partial charge in [-0.15, -0.1) is 0 Å². The highest BCUT2D eigenvalue weighted by atomic mass is 19.1. The van der Waals surface area contributed by atoms with E-state index in [0.29, 0.717) is 5.56 Å². The highest BCUT2D eigenvalue weighted by Gasteiger charge is 2.23. The van der Waals surface area contributed by atoms with Crippen molar-refractivity contribution in [3.05, 3.63) is 58.9 Å². The molecule has 0 unspecified atom stereocenters. The first-order valence-electron chi connectivity index (χ1n) is 6.57. The highest BCUT2D eigenvalue weighted by molar-refractivity contribution is 6.01. The number of amidine groups is 1. The number of anilines is 2. The molecule has 102 valence electrons. The number of hydrogen-bond donors (Lipinski definition) is 2. The summed E-state index contributed by atoms with van der Waals surface area (Å²) in [4.78, 5) is 2.04. The molecule has 3 N–H and O–H groups in total. The average molecular weight is 269 g/mol. The standard InChI is InChI=1S/C16H16FN3/c1-10-2-5-13(16(18)19)15(8-10)20-7-6-11-3-4-12(17)9-14(11)20/h2-5,8-9H,6-7H2,1H3,(H3,18,19). The topological polar surface area (TPSA) is 53.1 Å². The number of nitrogen functional groups attached to an aromatic ring is 1. The number of nitrogens with two attached hydrogens (primary N) is 1. The summed E-state index contributed by atoms with van der Waals surface area (Å²) in [5, 5.41) is 7.71. The number of nitrogens with zero attached hydrogens (tertiary/aromatic N) is 1. The predicted octanol–water partition coefficient (Wildman–Crippen LogP) is 3.11. The summed E-state index contributed by atoms with van der Waals surface area (Å²) in [6.07, 6.45) is 0.876. The number of halogens is 1. The minimum atomic E-state index is -0.243. The van der Waals surface area contributed by atoms with Gasteiger partial charge in [-0.3, -0.25) is 5.41 Å². The minimum absolute atomic E-state index is 0.0323. The van der Waals surface area contributed by atoms with Gasteiger partial charge in [-0.1, -0.05) is 12.1 Å². The van der Waals surface area contributed by atoms with Gasteiger partial charge in [-0.25, -0.2) is 4.39 Å². The Balaban J connectivity index is 2.14. The van der Waals surface area contributed by atoms with Crippen molar-refractivity contribution in [2.45, 2.75) is 13.3 Å². The van der Waals surface area contributed by atoms with Crippen LogP contribution in [-0.2, 0) is 6.42 Å². The number of rotatable bonds is 2. The minimum Gasteiger partial charge on any atom is -0.384 e. The van der Waals surface area contributed by atoms with E-state index >= 15 is 0 Å². The summed E-state index contributed by atoms with van der Waals surface area (Å²) < 4.78 is 13.5. The van der Waals surface area contributed by atoms with Gasteiger partial charge in [0.1, 0.15) is 11.7 Å². The Hall–Kier alpha value is -2.36. The molecule has 4 heteroatoms. The van der Waals surface area contributed by atoms with Crippen LogP contribution in [0.3, 0.4) is 0 Å². The Bertz CT molecular complexity index is 694. The van der Waals surface area contributed by atoms with E-state index in [1.807, 2.05) is 36.1 Å². The molecule has 1 aliphatic rings. The predicted molar refractivity (Wildman–Crippen MR) is 79.3 cm³/mol. The number of hydrogen-bond acceptors (Lipinski definition) is 2. The largest absolute Gasteiger partial charge is 0.384 e. The van der Waals surface area contributed by atoms with Gasteiger partial charge >= 0.3 is 0 Å². The van der Waals surface area contributed by atoms with Crippen molar-refractivity contribution in [1.29, 1.82) is 5.41 Å². The molecule has 2 aromatic carbocycles. The van der Waals surface area contributed by atoms with Crippen molar-refractivity contribution in [3.63, 3.8) is 0 Å². The molecule has 0 fully saturated rings. The fourth-order valence-corrected chi connectivity index (χ4v) is 2.70. The van der Waals surface area contributed by atoms with E-state index < -0.39 is 0 Å². The third-order valence-corrected chi connectivity index (χ3v) is 3.68. The second-order valence-electron chi connectivity index (χ2n) is 5.11. The molecule has 0 bridgehead atoms. The molecule has 0 aromatic heterocycles. The first-order valence-corrected chi connectivity index (χ1v) is 6.57. The Labute approximate surface area is 117 Å². The lowest BCUT2D eigenvalue weighted by atomic mass is 10.1. The molecule has 0 atom stereocenters. The quantitative estimate of drug-likeness (QED) is 0.650. The molecule has 0 radical (unpaired) electrons. The molecule has 1 aliphatic heterocycles. The number of fused-ring (bicyclic) bond motifs is 1.